The van der Waals surface area contributed by atoms with Gasteiger partial charge in [0.05, 0.1) is 0 Å². The number of benzene rings is 1. The number of rotatable bonds is 2. The average molecular weight is 232 g/mol. The molecule has 2 N–H and O–H groups in total. The van der Waals surface area contributed by atoms with E-state index in [0.717, 1.165) is 0 Å². The average Bonchev–Trinajstić information content (AvgIpc) is 2.77. The first-order chi connectivity index (χ1) is 8.16. The van der Waals surface area contributed by atoms with Crippen molar-refractivity contribution < 1.29 is 14.4 Å². The van der Waals surface area contributed by atoms with Gasteiger partial charge in [0.15, 0.2) is 0 Å². The van der Waals surface area contributed by atoms with Crippen molar-refractivity contribution in [1.29, 1.82) is 0 Å². The summed E-state index contributed by atoms with van der Waals surface area (Å²) in [5.74, 6) is -1.06. The molecule has 3 amide bonds. The summed E-state index contributed by atoms with van der Waals surface area (Å²) < 4.78 is 0. The van der Waals surface area contributed by atoms with Gasteiger partial charge in [-0.3, -0.25) is 19.7 Å². The maximum atomic E-state index is 11.6. The molecule has 5 nitrogen and oxygen atoms in total. The smallest absolute Gasteiger partial charge is 0.257 e. The standard InChI is InChI=1S/C12H12N2O3/c15-10-7-6-9(13-10)12(17)14-11(16)8-4-2-1-3-5-8/h1-5,9H,6-7H2,(H,13,15)(H,14,16,17). The van der Waals surface area contributed by atoms with Gasteiger partial charge >= 0.3 is 0 Å². The third-order valence-corrected chi connectivity index (χ3v) is 2.58. The second-order valence-electron chi connectivity index (χ2n) is 3.84. The van der Waals surface area contributed by atoms with E-state index >= 15 is 0 Å². The molecule has 0 saturated carbocycles. The Bertz CT molecular complexity index is 456. The van der Waals surface area contributed by atoms with Crippen molar-refractivity contribution in [2.24, 2.45) is 0 Å². The number of hydrogen-bond acceptors (Lipinski definition) is 3. The minimum absolute atomic E-state index is 0.155. The molecule has 0 radical (unpaired) electrons. The van der Waals surface area contributed by atoms with E-state index in [0.29, 0.717) is 18.4 Å². The summed E-state index contributed by atoms with van der Waals surface area (Å²) in [5, 5.41) is 4.77. The topological polar surface area (TPSA) is 75.3 Å². The number of amides is 3. The molecule has 1 heterocycles. The van der Waals surface area contributed by atoms with Crippen LogP contribution in [0.5, 0.6) is 0 Å². The lowest BCUT2D eigenvalue weighted by Crippen LogP contribution is -2.44. The van der Waals surface area contributed by atoms with E-state index in [-0.39, 0.29) is 5.91 Å². The van der Waals surface area contributed by atoms with Gasteiger partial charge in [0.2, 0.25) is 11.8 Å². The first kappa shape index (κ1) is 11.3. The lowest BCUT2D eigenvalue weighted by Gasteiger charge is -2.09. The van der Waals surface area contributed by atoms with Crippen LogP contribution in [0.25, 0.3) is 0 Å². The molecule has 0 aromatic heterocycles. The molecule has 1 aliphatic rings. The molecule has 2 rings (SSSR count). The highest BCUT2D eigenvalue weighted by Gasteiger charge is 2.28. The Hall–Kier alpha value is -2.17. The van der Waals surface area contributed by atoms with Gasteiger partial charge in [-0.15, -0.1) is 0 Å². The predicted octanol–water partition coefficient (Wildman–Crippen LogP) is 0.222. The fourth-order valence-electron chi connectivity index (χ4n) is 1.67. The van der Waals surface area contributed by atoms with Crippen LogP contribution in [0, 0.1) is 0 Å². The van der Waals surface area contributed by atoms with Crippen LogP contribution >= 0.6 is 0 Å². The minimum atomic E-state index is -0.588. The first-order valence-electron chi connectivity index (χ1n) is 5.36. The summed E-state index contributed by atoms with van der Waals surface area (Å²) in [5.41, 5.74) is 0.421. The molecule has 5 heteroatoms. The second kappa shape index (κ2) is 4.78. The Morgan fingerprint density at radius 3 is 2.53 bits per heavy atom. The van der Waals surface area contributed by atoms with Gasteiger partial charge in [-0.05, 0) is 18.6 Å². The van der Waals surface area contributed by atoms with Gasteiger partial charge in [0.25, 0.3) is 5.91 Å². The number of imide groups is 1. The summed E-state index contributed by atoms with van der Waals surface area (Å²) in [6.45, 7) is 0. The van der Waals surface area contributed by atoms with Crippen LogP contribution in [0.3, 0.4) is 0 Å². The summed E-state index contributed by atoms with van der Waals surface area (Å²) >= 11 is 0. The van der Waals surface area contributed by atoms with Crippen LogP contribution in [-0.4, -0.2) is 23.8 Å². The molecule has 0 aliphatic carbocycles. The molecule has 17 heavy (non-hydrogen) atoms. The molecule has 1 aromatic rings. The highest BCUT2D eigenvalue weighted by molar-refractivity contribution is 6.07. The van der Waals surface area contributed by atoms with E-state index in [1.54, 1.807) is 30.3 Å². The first-order valence-corrected chi connectivity index (χ1v) is 5.36. The monoisotopic (exact) mass is 232 g/mol. The largest absolute Gasteiger partial charge is 0.344 e. The molecule has 1 aliphatic heterocycles. The van der Waals surface area contributed by atoms with Gasteiger partial charge < -0.3 is 5.32 Å². The number of hydrogen-bond donors (Lipinski definition) is 2. The quantitative estimate of drug-likeness (QED) is 0.716. The molecule has 1 saturated heterocycles. The summed E-state index contributed by atoms with van der Waals surface area (Å²) in [7, 11) is 0. The van der Waals surface area contributed by atoms with Gasteiger partial charge in [-0.25, -0.2) is 0 Å². The molecule has 1 atom stereocenters. The van der Waals surface area contributed by atoms with Crippen LogP contribution in [0.1, 0.15) is 23.2 Å². The van der Waals surface area contributed by atoms with Crippen molar-refractivity contribution in [3.05, 3.63) is 35.9 Å². The summed E-state index contributed by atoms with van der Waals surface area (Å²) in [4.78, 5) is 34.2. The maximum absolute atomic E-state index is 11.6. The lowest BCUT2D eigenvalue weighted by atomic mass is 10.2. The molecule has 1 unspecified atom stereocenters. The van der Waals surface area contributed by atoms with Crippen molar-refractivity contribution in [3.63, 3.8) is 0 Å². The van der Waals surface area contributed by atoms with E-state index in [9.17, 15) is 14.4 Å². The van der Waals surface area contributed by atoms with Crippen molar-refractivity contribution in [2.75, 3.05) is 0 Å². The van der Waals surface area contributed by atoms with Crippen LogP contribution in [0.15, 0.2) is 30.3 Å². The third kappa shape index (κ3) is 2.69. The molecule has 88 valence electrons. The lowest BCUT2D eigenvalue weighted by molar-refractivity contribution is -0.125. The third-order valence-electron chi connectivity index (χ3n) is 2.58. The highest BCUT2D eigenvalue weighted by atomic mass is 16.2. The van der Waals surface area contributed by atoms with E-state index in [2.05, 4.69) is 10.6 Å². The van der Waals surface area contributed by atoms with Crippen LogP contribution in [0.4, 0.5) is 0 Å². The Morgan fingerprint density at radius 2 is 1.94 bits per heavy atom. The second-order valence-corrected chi connectivity index (χ2v) is 3.84. The van der Waals surface area contributed by atoms with E-state index in [1.165, 1.54) is 0 Å². The van der Waals surface area contributed by atoms with E-state index in [4.69, 9.17) is 0 Å². The number of carbonyl (C=O) groups excluding carboxylic acids is 3. The van der Waals surface area contributed by atoms with Crippen molar-refractivity contribution in [2.45, 2.75) is 18.9 Å². The Labute approximate surface area is 98.2 Å². The maximum Gasteiger partial charge on any atom is 0.257 e. The molecular weight excluding hydrogens is 220 g/mol. The summed E-state index contributed by atoms with van der Waals surface area (Å²) in [6, 6.07) is 7.88. The van der Waals surface area contributed by atoms with Crippen LogP contribution in [-0.2, 0) is 9.59 Å². The summed E-state index contributed by atoms with van der Waals surface area (Å²) in [6.07, 6.45) is 0.768. The fourth-order valence-corrected chi connectivity index (χ4v) is 1.67. The van der Waals surface area contributed by atoms with E-state index < -0.39 is 17.9 Å². The zero-order valence-electron chi connectivity index (χ0n) is 9.10. The van der Waals surface area contributed by atoms with Crippen molar-refractivity contribution in [1.82, 2.24) is 10.6 Å². The van der Waals surface area contributed by atoms with E-state index in [1.807, 2.05) is 0 Å². The van der Waals surface area contributed by atoms with Gasteiger partial charge in [-0.1, -0.05) is 18.2 Å². The molecule has 0 bridgehead atoms. The normalized spacial score (nSPS) is 18.6. The number of nitrogens with one attached hydrogen (secondary N) is 2. The number of carbonyl (C=O) groups is 3. The highest BCUT2D eigenvalue weighted by Crippen LogP contribution is 2.06. The van der Waals surface area contributed by atoms with Gasteiger partial charge in [-0.2, -0.15) is 0 Å². The minimum Gasteiger partial charge on any atom is -0.344 e. The molecular formula is C12H12N2O3. The zero-order valence-corrected chi connectivity index (χ0v) is 9.10. The molecule has 1 fully saturated rings. The van der Waals surface area contributed by atoms with Crippen LogP contribution in [0.2, 0.25) is 0 Å². The van der Waals surface area contributed by atoms with Crippen molar-refractivity contribution >= 4 is 17.7 Å². The molecule has 0 spiro atoms. The van der Waals surface area contributed by atoms with Gasteiger partial charge in [0.1, 0.15) is 6.04 Å². The Balaban J connectivity index is 1.95. The SMILES string of the molecule is O=C1CCC(C(=O)NC(=O)c2ccccc2)N1. The Morgan fingerprint density at radius 1 is 1.24 bits per heavy atom. The molecule has 1 aromatic carbocycles. The zero-order chi connectivity index (χ0) is 12.3. The van der Waals surface area contributed by atoms with Gasteiger partial charge in [0, 0.05) is 12.0 Å². The van der Waals surface area contributed by atoms with Crippen LogP contribution < -0.4 is 10.6 Å². The fraction of sp³-hybridized carbons (Fsp3) is 0.250. The predicted molar refractivity (Wildman–Crippen MR) is 60.1 cm³/mol. The van der Waals surface area contributed by atoms with Crippen molar-refractivity contribution in [3.8, 4) is 0 Å². The Kier molecular flexibility index (Phi) is 3.18.